The molecule has 0 spiro atoms. The van der Waals surface area contributed by atoms with Crippen LogP contribution in [0, 0.1) is 0 Å². The van der Waals surface area contributed by atoms with E-state index in [9.17, 15) is 5.11 Å². The topological polar surface area (TPSA) is 104 Å². The third-order valence-electron chi connectivity index (χ3n) is 1.15. The predicted molar refractivity (Wildman–Crippen MR) is 95.9 cm³/mol. The van der Waals surface area contributed by atoms with Crippen LogP contribution in [0.15, 0.2) is 0 Å². The molecule has 0 amide bonds. The van der Waals surface area contributed by atoms with Crippen LogP contribution in [0.2, 0.25) is 0 Å². The van der Waals surface area contributed by atoms with Crippen LogP contribution >= 0.6 is 0 Å². The van der Waals surface area contributed by atoms with Crippen LogP contribution in [-0.4, -0.2) is 95.9 Å². The summed E-state index contributed by atoms with van der Waals surface area (Å²) in [6, 6.07) is 0. The number of likely N-dealkylation sites (N-methyl/N-ethyl adjacent to an activating group) is 2. The number of nitrogens with zero attached hydrogens (tertiary/aromatic N) is 2. The van der Waals surface area contributed by atoms with Gasteiger partial charge in [-0.05, 0) is 69.7 Å². The Labute approximate surface area is 160 Å². The van der Waals surface area contributed by atoms with Gasteiger partial charge in [-0.15, -0.1) is 0 Å². The minimum absolute atomic E-state index is 0.167. The van der Waals surface area contributed by atoms with E-state index in [2.05, 4.69) is 0 Å². The van der Waals surface area contributed by atoms with Crippen LogP contribution in [0.5, 0.6) is 0 Å². The van der Waals surface area contributed by atoms with Crippen LogP contribution in [0.3, 0.4) is 0 Å². The summed E-state index contributed by atoms with van der Waals surface area (Å²) in [4.78, 5) is 3.96. The van der Waals surface area contributed by atoms with Crippen LogP contribution in [0.1, 0.15) is 41.5 Å². The van der Waals surface area contributed by atoms with E-state index < -0.39 is 0 Å². The number of rotatable bonds is 4. The minimum atomic E-state index is -0.231. The molecule has 0 rings (SSSR count). The van der Waals surface area contributed by atoms with Gasteiger partial charge < -0.3 is 30.2 Å². The Hall–Kier alpha value is 0.248. The average Bonchev–Trinajstić information content (AvgIpc) is 2.26. The summed E-state index contributed by atoms with van der Waals surface area (Å²) in [5, 5.41) is 33.5. The Morgan fingerprint density at radius 1 is 0.625 bits per heavy atom. The first-order chi connectivity index (χ1) is 10.7. The van der Waals surface area contributed by atoms with Gasteiger partial charge in [-0.2, -0.15) is 0 Å². The zero-order chi connectivity index (χ0) is 20.9. The van der Waals surface area contributed by atoms with Crippen molar-refractivity contribution in [3.05, 3.63) is 0 Å². The van der Waals surface area contributed by atoms with Crippen molar-refractivity contribution < 1.29 is 43.6 Å². The molecule has 0 aromatic heterocycles. The molecule has 8 heteroatoms. The van der Waals surface area contributed by atoms with E-state index in [0.717, 1.165) is 13.1 Å². The molecule has 152 valence electrons. The number of aliphatic hydroxyl groups is 4. The van der Waals surface area contributed by atoms with Gasteiger partial charge in [0.1, 0.15) is 0 Å². The van der Waals surface area contributed by atoms with Crippen molar-refractivity contribution in [3.8, 4) is 0 Å². The van der Waals surface area contributed by atoms with E-state index in [1.165, 1.54) is 0 Å². The SMILES string of the molecule is CC(C)O.CC(C)O.CC(C)O.CN(C)CC(O)CN(C)C.[O]=[W]. The zero-order valence-electron chi connectivity index (χ0n) is 17.2. The molecule has 0 aliphatic heterocycles. The van der Waals surface area contributed by atoms with Gasteiger partial charge >= 0.3 is 23.2 Å². The van der Waals surface area contributed by atoms with Crippen molar-refractivity contribution in [2.24, 2.45) is 0 Å². The maximum atomic E-state index is 9.31. The van der Waals surface area contributed by atoms with E-state index in [-0.39, 0.29) is 24.4 Å². The van der Waals surface area contributed by atoms with Crippen LogP contribution in [0.25, 0.3) is 0 Å². The normalized spacial score (nSPS) is 9.67. The zero-order valence-corrected chi connectivity index (χ0v) is 20.2. The second kappa shape index (κ2) is 28.1. The second-order valence-corrected chi connectivity index (χ2v) is 6.46. The molecule has 24 heavy (non-hydrogen) atoms. The van der Waals surface area contributed by atoms with E-state index >= 15 is 0 Å². The molecule has 0 unspecified atom stereocenters. The van der Waals surface area contributed by atoms with Gasteiger partial charge in [-0.1, -0.05) is 0 Å². The standard InChI is InChI=1S/C7H18N2O.3C3H8O.O.W/c1-8(2)5-7(10)6-9(3)4;3*1-3(2)4;;/h7,10H,5-6H2,1-4H3;3*3-4H,1-2H3;;. The third-order valence-corrected chi connectivity index (χ3v) is 1.15. The Bertz CT molecular complexity index is 174. The Morgan fingerprint density at radius 2 is 0.750 bits per heavy atom. The summed E-state index contributed by atoms with van der Waals surface area (Å²) in [5.41, 5.74) is 0. The molecule has 0 saturated heterocycles. The Morgan fingerprint density at radius 3 is 0.833 bits per heavy atom. The fourth-order valence-electron chi connectivity index (χ4n) is 0.901. The van der Waals surface area contributed by atoms with Crippen molar-refractivity contribution in [3.63, 3.8) is 0 Å². The number of hydrogen-bond donors (Lipinski definition) is 4. The molecule has 4 N–H and O–H groups in total. The number of aliphatic hydroxyl groups excluding tert-OH is 4. The van der Waals surface area contributed by atoms with Gasteiger partial charge in [0.15, 0.2) is 0 Å². The Balaban J connectivity index is -0.0000000721. The van der Waals surface area contributed by atoms with E-state index in [1.54, 1.807) is 41.5 Å². The maximum absolute atomic E-state index is 9.31. The molecule has 0 bridgehead atoms. The van der Waals surface area contributed by atoms with Gasteiger partial charge in [-0.25, -0.2) is 0 Å². The van der Waals surface area contributed by atoms with Crippen LogP contribution in [0.4, 0.5) is 0 Å². The molecule has 7 nitrogen and oxygen atoms in total. The Kier molecular flexibility index (Phi) is 41.4. The fourth-order valence-corrected chi connectivity index (χ4v) is 0.901. The summed E-state index contributed by atoms with van der Waals surface area (Å²) in [5.74, 6) is 0. The molecule has 0 aliphatic carbocycles. The van der Waals surface area contributed by atoms with Crippen molar-refractivity contribution >= 4 is 0 Å². The van der Waals surface area contributed by atoms with E-state index in [0.29, 0.717) is 19.8 Å². The van der Waals surface area contributed by atoms with Gasteiger partial charge in [0.05, 0.1) is 6.10 Å². The average molecular weight is 526 g/mol. The third kappa shape index (κ3) is 148. The molecular weight excluding hydrogens is 484 g/mol. The first kappa shape index (κ1) is 35.4. The van der Waals surface area contributed by atoms with E-state index in [1.807, 2.05) is 38.0 Å². The van der Waals surface area contributed by atoms with Gasteiger partial charge in [0.2, 0.25) is 0 Å². The quantitative estimate of drug-likeness (QED) is 0.424. The molecule has 0 aliphatic rings. The van der Waals surface area contributed by atoms with Crippen LogP contribution < -0.4 is 0 Å². The van der Waals surface area contributed by atoms with Gasteiger partial charge in [0, 0.05) is 31.4 Å². The molecule has 0 saturated carbocycles. The first-order valence-electron chi connectivity index (χ1n) is 7.90. The molecule has 0 radical (unpaired) electrons. The molecule has 0 fully saturated rings. The monoisotopic (exact) mass is 526 g/mol. The van der Waals surface area contributed by atoms with Gasteiger partial charge in [0.25, 0.3) is 0 Å². The number of hydrogen-bond acceptors (Lipinski definition) is 7. The van der Waals surface area contributed by atoms with Gasteiger partial charge in [-0.3, -0.25) is 0 Å². The summed E-state index contributed by atoms with van der Waals surface area (Å²) in [6.07, 6.45) is -0.731. The van der Waals surface area contributed by atoms with Crippen molar-refractivity contribution in [2.75, 3.05) is 41.3 Å². The molecule has 0 aromatic rings. The van der Waals surface area contributed by atoms with Crippen LogP contribution in [-0.2, 0) is 23.2 Å². The summed E-state index contributed by atoms with van der Waals surface area (Å²) in [7, 11) is 7.83. The fraction of sp³-hybridized carbons (Fsp3) is 1.00. The summed E-state index contributed by atoms with van der Waals surface area (Å²) in [6.45, 7) is 11.8. The first-order valence-corrected chi connectivity index (χ1v) is 9.10. The van der Waals surface area contributed by atoms with Crippen molar-refractivity contribution in [1.82, 2.24) is 9.80 Å². The summed E-state index contributed by atoms with van der Waals surface area (Å²) < 4.78 is 8.33. The molecular formula is C16H42N2O5W. The van der Waals surface area contributed by atoms with Crippen molar-refractivity contribution in [2.45, 2.75) is 66.0 Å². The van der Waals surface area contributed by atoms with Crippen molar-refractivity contribution in [1.29, 1.82) is 0 Å². The predicted octanol–water partition coefficient (Wildman–Crippen LogP) is 0.511. The molecule has 0 aromatic carbocycles. The molecule has 0 atom stereocenters. The van der Waals surface area contributed by atoms with E-state index in [4.69, 9.17) is 18.7 Å². The molecule has 0 heterocycles. The second-order valence-electron chi connectivity index (χ2n) is 6.46. The summed E-state index contributed by atoms with van der Waals surface area (Å²) >= 11 is 0.333.